The molecule has 0 bridgehead atoms. The van der Waals surface area contributed by atoms with Crippen molar-refractivity contribution in [3.63, 3.8) is 0 Å². The van der Waals surface area contributed by atoms with Crippen LogP contribution in [0.25, 0.3) is 0 Å². The van der Waals surface area contributed by atoms with Gasteiger partial charge in [0, 0.05) is 12.4 Å². The second kappa shape index (κ2) is 7.31. The Balaban J connectivity index is 1.59. The molecule has 1 amide bonds. The van der Waals surface area contributed by atoms with Crippen LogP contribution in [0.2, 0.25) is 0 Å². The van der Waals surface area contributed by atoms with E-state index in [2.05, 4.69) is 20.2 Å². The Morgan fingerprint density at radius 2 is 2.08 bits per heavy atom. The van der Waals surface area contributed by atoms with Crippen molar-refractivity contribution in [3.8, 4) is 5.75 Å². The average molecular weight is 359 g/mol. The number of thiazole rings is 1. The topological polar surface area (TPSA) is 104 Å². The average Bonchev–Trinajstić information content (AvgIpc) is 3.23. The molecule has 0 radical (unpaired) electrons. The number of nitrogens with one attached hydrogen (secondary N) is 2. The van der Waals surface area contributed by atoms with Crippen molar-refractivity contribution < 1.29 is 9.53 Å². The van der Waals surface area contributed by atoms with Crippen molar-refractivity contribution in [2.45, 2.75) is 20.1 Å². The van der Waals surface area contributed by atoms with Gasteiger partial charge in [0.05, 0.1) is 6.54 Å². The quantitative estimate of drug-likeness (QED) is 0.697. The first-order valence-electron chi connectivity index (χ1n) is 7.54. The fourth-order valence-electron chi connectivity index (χ4n) is 2.13. The zero-order valence-electron chi connectivity index (χ0n) is 13.8. The fourth-order valence-corrected chi connectivity index (χ4v) is 2.81. The molecule has 0 unspecified atom stereocenters. The molecule has 0 aliphatic rings. The summed E-state index contributed by atoms with van der Waals surface area (Å²) in [7, 11) is 1.62. The molecule has 2 aromatic heterocycles. The van der Waals surface area contributed by atoms with Crippen LogP contribution in [0.4, 0.5) is 0 Å². The van der Waals surface area contributed by atoms with Crippen molar-refractivity contribution in [1.82, 2.24) is 25.1 Å². The smallest absolute Gasteiger partial charge is 0.340 e. The normalized spacial score (nSPS) is 10.6. The highest BCUT2D eigenvalue weighted by atomic mass is 32.1. The second-order valence-corrected chi connectivity index (χ2v) is 6.46. The van der Waals surface area contributed by atoms with Gasteiger partial charge in [0.25, 0.3) is 5.91 Å². The molecule has 0 atom stereocenters. The summed E-state index contributed by atoms with van der Waals surface area (Å²) in [5.74, 6) is 0.897. The first-order chi connectivity index (χ1) is 12.0. The molecule has 0 spiro atoms. The maximum Gasteiger partial charge on any atom is 0.340 e. The van der Waals surface area contributed by atoms with Crippen molar-refractivity contribution in [2.24, 2.45) is 0 Å². The van der Waals surface area contributed by atoms with Crippen LogP contribution >= 0.6 is 11.3 Å². The van der Waals surface area contributed by atoms with Gasteiger partial charge in [0.1, 0.15) is 23.1 Å². The van der Waals surface area contributed by atoms with Gasteiger partial charge in [0.15, 0.2) is 5.82 Å². The lowest BCUT2D eigenvalue weighted by Crippen LogP contribution is -2.27. The van der Waals surface area contributed by atoms with E-state index in [1.165, 1.54) is 16.2 Å². The minimum atomic E-state index is -0.403. The van der Waals surface area contributed by atoms with Crippen molar-refractivity contribution in [2.75, 3.05) is 7.05 Å². The number of rotatable bonds is 6. The minimum absolute atomic E-state index is 0.185. The predicted molar refractivity (Wildman–Crippen MR) is 92.6 cm³/mol. The van der Waals surface area contributed by atoms with Crippen LogP contribution in [-0.4, -0.2) is 38.0 Å². The van der Waals surface area contributed by atoms with Crippen LogP contribution < -0.4 is 10.4 Å². The van der Waals surface area contributed by atoms with Gasteiger partial charge in [-0.2, -0.15) is 5.10 Å². The lowest BCUT2D eigenvalue weighted by molar-refractivity contribution is 0.0776. The van der Waals surface area contributed by atoms with E-state index in [1.807, 2.05) is 31.2 Å². The number of aromatic amines is 2. The molecule has 9 heteroatoms. The van der Waals surface area contributed by atoms with E-state index in [4.69, 9.17) is 4.74 Å². The number of benzene rings is 1. The van der Waals surface area contributed by atoms with Gasteiger partial charge in [-0.1, -0.05) is 17.7 Å². The number of ether oxygens (including phenoxy) is 1. The van der Waals surface area contributed by atoms with Gasteiger partial charge < -0.3 is 9.64 Å². The Bertz CT molecular complexity index is 912. The Hall–Kier alpha value is -2.94. The fraction of sp³-hybridized carbons (Fsp3) is 0.250. The number of aromatic nitrogens is 4. The molecule has 0 saturated heterocycles. The second-order valence-electron chi connectivity index (χ2n) is 5.51. The van der Waals surface area contributed by atoms with E-state index in [0.29, 0.717) is 23.1 Å². The third kappa shape index (κ3) is 4.32. The largest absolute Gasteiger partial charge is 0.486 e. The summed E-state index contributed by atoms with van der Waals surface area (Å²) in [5.41, 5.74) is 1.10. The van der Waals surface area contributed by atoms with E-state index >= 15 is 0 Å². The summed E-state index contributed by atoms with van der Waals surface area (Å²) in [4.78, 5) is 31.7. The molecule has 2 N–H and O–H groups in total. The number of nitrogens with zero attached hydrogens (tertiary/aromatic N) is 3. The van der Waals surface area contributed by atoms with Crippen LogP contribution in [0, 0.1) is 6.92 Å². The first kappa shape index (κ1) is 16.9. The van der Waals surface area contributed by atoms with Crippen LogP contribution in [-0.2, 0) is 13.2 Å². The number of hydrogen-bond donors (Lipinski definition) is 2. The van der Waals surface area contributed by atoms with Gasteiger partial charge in [-0.05, 0) is 19.1 Å². The highest BCUT2D eigenvalue weighted by Gasteiger charge is 2.17. The van der Waals surface area contributed by atoms with Gasteiger partial charge in [0.2, 0.25) is 0 Å². The van der Waals surface area contributed by atoms with E-state index in [1.54, 1.807) is 12.4 Å². The van der Waals surface area contributed by atoms with Gasteiger partial charge in [-0.15, -0.1) is 11.3 Å². The van der Waals surface area contributed by atoms with Crippen LogP contribution in [0.3, 0.4) is 0 Å². The summed E-state index contributed by atoms with van der Waals surface area (Å²) >= 11 is 1.36. The maximum absolute atomic E-state index is 12.4. The van der Waals surface area contributed by atoms with E-state index < -0.39 is 5.69 Å². The summed E-state index contributed by atoms with van der Waals surface area (Å²) in [6.07, 6.45) is 0. The molecule has 130 valence electrons. The highest BCUT2D eigenvalue weighted by Crippen LogP contribution is 2.17. The SMILES string of the molecule is Cc1ccc(OCc2nc(C(=O)N(C)Cc3n[nH]c(=O)[nH]3)cs2)cc1. The molecule has 3 aromatic rings. The number of aryl methyl sites for hydroxylation is 1. The molecule has 3 rings (SSSR count). The van der Waals surface area contributed by atoms with Crippen LogP contribution in [0.15, 0.2) is 34.4 Å². The molecule has 0 fully saturated rings. The highest BCUT2D eigenvalue weighted by molar-refractivity contribution is 7.09. The van der Waals surface area contributed by atoms with Crippen molar-refractivity contribution in [3.05, 3.63) is 62.2 Å². The Kier molecular flexibility index (Phi) is 4.94. The standard InChI is InChI=1S/C16H17N5O3S/c1-10-3-5-11(6-4-10)24-8-14-17-12(9-25-14)15(22)21(2)7-13-18-16(23)20-19-13/h3-6,9H,7-8H2,1-2H3,(H2,18,19,20,23). The molecule has 0 aliphatic heterocycles. The Labute approximate surface area is 147 Å². The summed E-state index contributed by atoms with van der Waals surface area (Å²) in [5, 5.41) is 8.45. The number of hydrogen-bond acceptors (Lipinski definition) is 6. The zero-order valence-corrected chi connectivity index (χ0v) is 14.6. The van der Waals surface area contributed by atoms with Crippen LogP contribution in [0.1, 0.15) is 26.9 Å². The van der Waals surface area contributed by atoms with Gasteiger partial charge in [-0.25, -0.2) is 14.9 Å². The lowest BCUT2D eigenvalue weighted by atomic mass is 10.2. The third-order valence-corrected chi connectivity index (χ3v) is 4.26. The maximum atomic E-state index is 12.4. The molecule has 2 heterocycles. The molecule has 0 aliphatic carbocycles. The third-order valence-electron chi connectivity index (χ3n) is 3.44. The molecule has 8 nitrogen and oxygen atoms in total. The number of carbonyl (C=O) groups excluding carboxylic acids is 1. The Morgan fingerprint density at radius 1 is 1.32 bits per heavy atom. The molecule has 1 aromatic carbocycles. The van der Waals surface area contributed by atoms with Crippen molar-refractivity contribution in [1.29, 1.82) is 0 Å². The summed E-state index contributed by atoms with van der Waals surface area (Å²) < 4.78 is 5.67. The number of H-pyrrole nitrogens is 2. The monoisotopic (exact) mass is 359 g/mol. The first-order valence-corrected chi connectivity index (χ1v) is 8.42. The van der Waals surface area contributed by atoms with Gasteiger partial charge >= 0.3 is 5.69 Å². The molecular weight excluding hydrogens is 342 g/mol. The van der Waals surface area contributed by atoms with Crippen LogP contribution in [0.5, 0.6) is 5.75 Å². The molecule has 0 saturated carbocycles. The number of carbonyl (C=O) groups is 1. The van der Waals surface area contributed by atoms with E-state index in [0.717, 1.165) is 11.3 Å². The predicted octanol–water partition coefficient (Wildman–Crippen LogP) is 1.71. The van der Waals surface area contributed by atoms with Crippen molar-refractivity contribution >= 4 is 17.2 Å². The number of amides is 1. The van der Waals surface area contributed by atoms with E-state index in [-0.39, 0.29) is 12.5 Å². The lowest BCUT2D eigenvalue weighted by Gasteiger charge is -2.13. The Morgan fingerprint density at radius 3 is 2.76 bits per heavy atom. The summed E-state index contributed by atoms with van der Waals surface area (Å²) in [6, 6.07) is 7.74. The van der Waals surface area contributed by atoms with E-state index in [9.17, 15) is 9.59 Å². The molecule has 25 heavy (non-hydrogen) atoms. The van der Waals surface area contributed by atoms with Gasteiger partial charge in [-0.3, -0.25) is 9.78 Å². The zero-order chi connectivity index (χ0) is 17.8. The minimum Gasteiger partial charge on any atom is -0.486 e. The molecular formula is C16H17N5O3S. The summed E-state index contributed by atoms with van der Waals surface area (Å²) in [6.45, 7) is 2.50.